The van der Waals surface area contributed by atoms with Gasteiger partial charge in [0.1, 0.15) is 12.4 Å². The lowest BCUT2D eigenvalue weighted by Crippen LogP contribution is -2.42. The minimum Gasteiger partial charge on any atom is -0.480 e. The summed E-state index contributed by atoms with van der Waals surface area (Å²) >= 11 is 0. The van der Waals surface area contributed by atoms with Gasteiger partial charge in [-0.15, -0.1) is 0 Å². The molecule has 0 aliphatic heterocycles. The van der Waals surface area contributed by atoms with E-state index in [-0.39, 0.29) is 5.56 Å². The van der Waals surface area contributed by atoms with Crippen LogP contribution in [0.1, 0.15) is 29.5 Å². The van der Waals surface area contributed by atoms with Crippen molar-refractivity contribution in [1.29, 1.82) is 0 Å². The van der Waals surface area contributed by atoms with E-state index in [2.05, 4.69) is 5.32 Å². The Labute approximate surface area is 97.6 Å². The number of alkyl halides is 1. The monoisotopic (exact) mass is 243 g/mol. The molecule has 0 saturated carbocycles. The van der Waals surface area contributed by atoms with Crippen LogP contribution in [0.4, 0.5) is 4.39 Å². The molecule has 1 atom stereocenters. The highest BCUT2D eigenvalue weighted by Crippen LogP contribution is 2.12. The highest BCUT2D eigenvalue weighted by atomic mass is 19.1. The quantitative estimate of drug-likeness (QED) is 0.791. The molecule has 1 heterocycles. The molecule has 6 heteroatoms. The van der Waals surface area contributed by atoms with E-state index in [1.54, 1.807) is 0 Å². The number of aryl methyl sites for hydroxylation is 1. The molecule has 0 bridgehead atoms. The summed E-state index contributed by atoms with van der Waals surface area (Å²) in [6, 6.07) is -0.0795. The van der Waals surface area contributed by atoms with Gasteiger partial charge in [-0.25, -0.2) is 9.18 Å². The first-order valence-electron chi connectivity index (χ1n) is 5.26. The summed E-state index contributed by atoms with van der Waals surface area (Å²) in [5.41, 5.74) is 0.256. The number of carbonyl (C=O) groups is 2. The summed E-state index contributed by atoms with van der Waals surface area (Å²) in [6.45, 7) is 0.772. The van der Waals surface area contributed by atoms with Gasteiger partial charge in [0.15, 0.2) is 6.04 Å². The number of carboxylic acid groups (broad SMARTS) is 1. The zero-order valence-electron chi connectivity index (χ0n) is 9.40. The Morgan fingerprint density at radius 1 is 1.59 bits per heavy atom. The van der Waals surface area contributed by atoms with Crippen LogP contribution in [0.5, 0.6) is 0 Å². The summed E-state index contributed by atoms with van der Waals surface area (Å²) in [6.07, 6.45) is 2.72. The van der Waals surface area contributed by atoms with Crippen LogP contribution < -0.4 is 5.32 Å². The van der Waals surface area contributed by atoms with Crippen LogP contribution in [0.2, 0.25) is 0 Å². The van der Waals surface area contributed by atoms with Crippen molar-refractivity contribution in [2.75, 3.05) is 6.67 Å². The number of hydrogen-bond acceptors (Lipinski definition) is 3. The van der Waals surface area contributed by atoms with Crippen molar-refractivity contribution in [3.8, 4) is 0 Å². The average Bonchev–Trinajstić information content (AvgIpc) is 2.74. The zero-order chi connectivity index (χ0) is 12.8. The van der Waals surface area contributed by atoms with Gasteiger partial charge in [-0.05, 0) is 12.5 Å². The van der Waals surface area contributed by atoms with Gasteiger partial charge in [0.05, 0.1) is 11.8 Å². The third kappa shape index (κ3) is 3.30. The molecule has 1 amide bonds. The number of amides is 1. The second kappa shape index (κ2) is 6.03. The first-order valence-corrected chi connectivity index (χ1v) is 5.26. The van der Waals surface area contributed by atoms with Gasteiger partial charge < -0.3 is 14.8 Å². The van der Waals surface area contributed by atoms with E-state index in [1.807, 2.05) is 6.92 Å². The lowest BCUT2D eigenvalue weighted by atomic mass is 10.1. The molecular weight excluding hydrogens is 229 g/mol. The highest BCUT2D eigenvalue weighted by molar-refractivity contribution is 5.97. The minimum atomic E-state index is -1.52. The van der Waals surface area contributed by atoms with Crippen LogP contribution in [-0.4, -0.2) is 29.7 Å². The normalized spacial score (nSPS) is 12.1. The van der Waals surface area contributed by atoms with E-state index in [1.165, 1.54) is 12.3 Å². The molecular formula is C11H14FNO4. The second-order valence-corrected chi connectivity index (χ2v) is 3.53. The molecule has 0 fully saturated rings. The lowest BCUT2D eigenvalue weighted by Gasteiger charge is -2.10. The lowest BCUT2D eigenvalue weighted by molar-refractivity contribution is -0.139. The van der Waals surface area contributed by atoms with Crippen molar-refractivity contribution in [2.45, 2.75) is 25.8 Å². The van der Waals surface area contributed by atoms with E-state index >= 15 is 0 Å². The fraction of sp³-hybridized carbons (Fsp3) is 0.455. The van der Waals surface area contributed by atoms with E-state index in [0.29, 0.717) is 12.2 Å². The van der Waals surface area contributed by atoms with Gasteiger partial charge in [-0.1, -0.05) is 6.92 Å². The third-order valence-corrected chi connectivity index (χ3v) is 2.22. The van der Waals surface area contributed by atoms with Crippen molar-refractivity contribution >= 4 is 11.9 Å². The summed E-state index contributed by atoms with van der Waals surface area (Å²) in [5, 5.41) is 10.7. The van der Waals surface area contributed by atoms with Gasteiger partial charge in [0.25, 0.3) is 5.91 Å². The van der Waals surface area contributed by atoms with Gasteiger partial charge >= 0.3 is 5.97 Å². The van der Waals surface area contributed by atoms with Crippen molar-refractivity contribution in [3.63, 3.8) is 0 Å². The maximum Gasteiger partial charge on any atom is 0.328 e. The number of carbonyl (C=O) groups excluding carboxylic acids is 1. The molecule has 1 aromatic heterocycles. The topological polar surface area (TPSA) is 79.5 Å². The first-order chi connectivity index (χ1) is 8.10. The van der Waals surface area contributed by atoms with Crippen molar-refractivity contribution in [2.24, 2.45) is 0 Å². The molecule has 1 rings (SSSR count). The molecule has 0 spiro atoms. The fourth-order valence-electron chi connectivity index (χ4n) is 1.37. The van der Waals surface area contributed by atoms with Gasteiger partial charge in [-0.3, -0.25) is 4.79 Å². The Morgan fingerprint density at radius 3 is 2.82 bits per heavy atom. The van der Waals surface area contributed by atoms with Crippen LogP contribution in [-0.2, 0) is 11.2 Å². The Bertz CT molecular complexity index is 402. The molecule has 0 aliphatic rings. The number of aliphatic carboxylic acids is 1. The van der Waals surface area contributed by atoms with Gasteiger partial charge in [0, 0.05) is 6.42 Å². The maximum atomic E-state index is 12.3. The molecule has 5 nitrogen and oxygen atoms in total. The van der Waals surface area contributed by atoms with E-state index < -0.39 is 24.6 Å². The smallest absolute Gasteiger partial charge is 0.328 e. The number of hydrogen-bond donors (Lipinski definition) is 2. The highest BCUT2D eigenvalue weighted by Gasteiger charge is 2.22. The maximum absolute atomic E-state index is 12.3. The Kier molecular flexibility index (Phi) is 4.68. The Hall–Kier alpha value is -1.85. The second-order valence-electron chi connectivity index (χ2n) is 3.53. The number of halogens is 1. The van der Waals surface area contributed by atoms with Gasteiger partial charge in [0.2, 0.25) is 0 Å². The number of rotatable bonds is 6. The van der Waals surface area contributed by atoms with Crippen LogP contribution in [0.3, 0.4) is 0 Å². The summed E-state index contributed by atoms with van der Waals surface area (Å²) in [7, 11) is 0. The molecule has 0 aromatic carbocycles. The molecule has 17 heavy (non-hydrogen) atoms. The van der Waals surface area contributed by atoms with Crippen molar-refractivity contribution < 1.29 is 23.5 Å². The van der Waals surface area contributed by atoms with Crippen molar-refractivity contribution in [1.82, 2.24) is 5.32 Å². The third-order valence-electron chi connectivity index (χ3n) is 2.22. The Balaban J connectivity index is 2.75. The number of furan rings is 1. The van der Waals surface area contributed by atoms with Gasteiger partial charge in [-0.2, -0.15) is 0 Å². The van der Waals surface area contributed by atoms with E-state index in [0.717, 1.165) is 6.42 Å². The zero-order valence-corrected chi connectivity index (χ0v) is 9.40. The Morgan fingerprint density at radius 2 is 2.29 bits per heavy atom. The summed E-state index contributed by atoms with van der Waals surface area (Å²) in [5.74, 6) is -1.55. The SMILES string of the molecule is CCCc1occc1C(=O)NC(CF)C(=O)O. The predicted molar refractivity (Wildman–Crippen MR) is 57.6 cm³/mol. The molecule has 1 aromatic rings. The molecule has 1 unspecified atom stereocenters. The fourth-order valence-corrected chi connectivity index (χ4v) is 1.37. The van der Waals surface area contributed by atoms with Crippen LogP contribution >= 0.6 is 0 Å². The standard InChI is InChI=1S/C11H14FNO4/c1-2-3-9-7(4-5-17-9)10(14)13-8(6-12)11(15)16/h4-5,8H,2-3,6H2,1H3,(H,13,14)(H,15,16). The number of carboxylic acids is 1. The minimum absolute atomic E-state index is 0.256. The summed E-state index contributed by atoms with van der Waals surface area (Å²) < 4.78 is 17.4. The first kappa shape index (κ1) is 13.2. The largest absolute Gasteiger partial charge is 0.480 e. The molecule has 0 aliphatic carbocycles. The van der Waals surface area contributed by atoms with Crippen LogP contribution in [0.15, 0.2) is 16.7 Å². The van der Waals surface area contributed by atoms with E-state index in [9.17, 15) is 14.0 Å². The molecule has 94 valence electrons. The van der Waals surface area contributed by atoms with Crippen LogP contribution in [0, 0.1) is 0 Å². The molecule has 2 N–H and O–H groups in total. The predicted octanol–water partition coefficient (Wildman–Crippen LogP) is 1.38. The average molecular weight is 243 g/mol. The van der Waals surface area contributed by atoms with E-state index in [4.69, 9.17) is 9.52 Å². The van der Waals surface area contributed by atoms with Crippen LogP contribution in [0.25, 0.3) is 0 Å². The number of nitrogens with one attached hydrogen (secondary N) is 1. The summed E-state index contributed by atoms with van der Waals surface area (Å²) in [4.78, 5) is 22.2. The van der Waals surface area contributed by atoms with Crippen molar-refractivity contribution in [3.05, 3.63) is 23.7 Å². The molecule has 0 radical (unpaired) electrons. The molecule has 0 saturated heterocycles.